The maximum absolute atomic E-state index is 4.54. The van der Waals surface area contributed by atoms with E-state index in [0.29, 0.717) is 0 Å². The predicted molar refractivity (Wildman–Crippen MR) is 126 cm³/mol. The van der Waals surface area contributed by atoms with Gasteiger partial charge in [-0.05, 0) is 42.8 Å². The van der Waals surface area contributed by atoms with Gasteiger partial charge in [0.2, 0.25) is 0 Å². The molecule has 5 rings (SSSR count). The molecule has 1 aliphatic rings. The van der Waals surface area contributed by atoms with Gasteiger partial charge in [-0.3, -0.25) is 0 Å². The van der Waals surface area contributed by atoms with Gasteiger partial charge in [0.25, 0.3) is 0 Å². The highest BCUT2D eigenvalue weighted by Gasteiger charge is 2.38. The molecule has 0 radical (unpaired) electrons. The first-order valence-corrected chi connectivity index (χ1v) is 10.5. The highest BCUT2D eigenvalue weighted by atomic mass is 15.2. The number of fused-ring (bicyclic) bond motifs is 4. The quantitative estimate of drug-likeness (QED) is 0.339. The number of anilines is 1. The molecule has 4 heteroatoms. The van der Waals surface area contributed by atoms with Crippen molar-refractivity contribution in [3.8, 4) is 0 Å². The Balaban J connectivity index is 1.53. The number of aryl methyl sites for hydroxylation is 1. The zero-order valence-corrected chi connectivity index (χ0v) is 17.9. The number of likely N-dealkylation sites (N-methyl/N-ethyl adjacent to an activating group) is 1. The zero-order valence-electron chi connectivity index (χ0n) is 17.9. The van der Waals surface area contributed by atoms with E-state index in [-0.39, 0.29) is 5.41 Å². The molecule has 2 heterocycles. The number of azo groups is 1. The third-order valence-electron chi connectivity index (χ3n) is 6.37. The van der Waals surface area contributed by atoms with Gasteiger partial charge in [0.1, 0.15) is 0 Å². The Morgan fingerprint density at radius 1 is 0.900 bits per heavy atom. The lowest BCUT2D eigenvalue weighted by molar-refractivity contribution is 0.637. The van der Waals surface area contributed by atoms with E-state index >= 15 is 0 Å². The number of allylic oxidation sites excluding steroid dienone is 1. The molecule has 150 valence electrons. The topological polar surface area (TPSA) is 32.9 Å². The van der Waals surface area contributed by atoms with Crippen LogP contribution in [0.1, 0.15) is 26.3 Å². The highest BCUT2D eigenvalue weighted by molar-refractivity contribution is 6.08. The van der Waals surface area contributed by atoms with E-state index in [1.165, 1.54) is 33.1 Å². The molecule has 30 heavy (non-hydrogen) atoms. The van der Waals surface area contributed by atoms with Gasteiger partial charge < -0.3 is 9.47 Å². The van der Waals surface area contributed by atoms with Crippen molar-refractivity contribution < 1.29 is 0 Å². The van der Waals surface area contributed by atoms with Gasteiger partial charge in [-0.2, -0.15) is 10.2 Å². The second-order valence-corrected chi connectivity index (χ2v) is 8.39. The lowest BCUT2D eigenvalue weighted by Crippen LogP contribution is -2.22. The number of aromatic nitrogens is 1. The molecular weight excluding hydrogens is 368 g/mol. The van der Waals surface area contributed by atoms with Crippen LogP contribution in [-0.2, 0) is 12.0 Å². The maximum Gasteiger partial charge on any atom is 0.0864 e. The third kappa shape index (κ3) is 2.67. The van der Waals surface area contributed by atoms with Crippen LogP contribution < -0.4 is 4.90 Å². The van der Waals surface area contributed by atoms with Crippen LogP contribution in [0.3, 0.4) is 0 Å². The first kappa shape index (κ1) is 18.6. The van der Waals surface area contributed by atoms with Crippen LogP contribution >= 0.6 is 0 Å². The Morgan fingerprint density at radius 3 is 2.43 bits per heavy atom. The molecule has 0 bridgehead atoms. The average Bonchev–Trinajstić information content (AvgIpc) is 3.18. The lowest BCUT2D eigenvalue weighted by atomic mass is 9.84. The van der Waals surface area contributed by atoms with Crippen LogP contribution in [0.4, 0.5) is 11.4 Å². The summed E-state index contributed by atoms with van der Waals surface area (Å²) in [4.78, 5) is 2.21. The lowest BCUT2D eigenvalue weighted by Gasteiger charge is -2.22. The van der Waals surface area contributed by atoms with E-state index in [9.17, 15) is 0 Å². The second-order valence-electron chi connectivity index (χ2n) is 8.39. The van der Waals surface area contributed by atoms with Crippen LogP contribution in [0.2, 0.25) is 0 Å². The number of nitrogens with zero attached hydrogens (tertiary/aromatic N) is 4. The standard InChI is InChI=1S/C26H26N4/c1-5-30-22-12-8-6-10-19(22)20-16-18(14-15-23(20)30)28-27-17-25-26(2,3)21-11-7-9-13-24(21)29(25)4/h6-17H,5H2,1-4H3. The summed E-state index contributed by atoms with van der Waals surface area (Å²) in [6.07, 6.45) is 1.90. The van der Waals surface area contributed by atoms with Crippen molar-refractivity contribution in [2.45, 2.75) is 32.7 Å². The average molecular weight is 395 g/mol. The van der Waals surface area contributed by atoms with Gasteiger partial charge in [0, 0.05) is 52.2 Å². The molecule has 0 N–H and O–H groups in total. The van der Waals surface area contributed by atoms with Gasteiger partial charge in [0.05, 0.1) is 11.9 Å². The maximum atomic E-state index is 4.54. The molecule has 3 aromatic carbocycles. The molecule has 0 amide bonds. The molecular formula is C26H26N4. The SMILES string of the molecule is CCn1c2ccccc2c2cc(N=NC=C3N(C)c4ccccc4C3(C)C)ccc21. The van der Waals surface area contributed by atoms with E-state index in [1.807, 2.05) is 12.3 Å². The van der Waals surface area contributed by atoms with E-state index < -0.39 is 0 Å². The zero-order chi connectivity index (χ0) is 20.9. The summed E-state index contributed by atoms with van der Waals surface area (Å²) in [5.41, 5.74) is 6.98. The molecule has 0 atom stereocenters. The Morgan fingerprint density at radius 2 is 1.63 bits per heavy atom. The van der Waals surface area contributed by atoms with E-state index in [2.05, 4.69) is 108 Å². The minimum absolute atomic E-state index is 0.0944. The molecule has 0 spiro atoms. The van der Waals surface area contributed by atoms with Crippen molar-refractivity contribution in [1.29, 1.82) is 0 Å². The fourth-order valence-corrected chi connectivity index (χ4v) is 4.82. The Labute approximate surface area is 177 Å². The molecule has 0 saturated heterocycles. The van der Waals surface area contributed by atoms with Crippen molar-refractivity contribution in [3.63, 3.8) is 0 Å². The monoisotopic (exact) mass is 394 g/mol. The minimum Gasteiger partial charge on any atom is -0.346 e. The Kier molecular flexibility index (Phi) is 4.24. The van der Waals surface area contributed by atoms with Gasteiger partial charge in [-0.25, -0.2) is 0 Å². The van der Waals surface area contributed by atoms with Crippen molar-refractivity contribution in [2.75, 3.05) is 11.9 Å². The summed E-state index contributed by atoms with van der Waals surface area (Å²) in [6.45, 7) is 7.60. The summed E-state index contributed by atoms with van der Waals surface area (Å²) in [5, 5.41) is 11.5. The van der Waals surface area contributed by atoms with Crippen LogP contribution in [0, 0.1) is 0 Å². The fraction of sp³-hybridized carbons (Fsp3) is 0.231. The molecule has 0 aliphatic carbocycles. The smallest absolute Gasteiger partial charge is 0.0864 e. The van der Waals surface area contributed by atoms with Crippen LogP contribution in [0.25, 0.3) is 21.8 Å². The first-order chi connectivity index (χ1) is 14.5. The molecule has 0 fully saturated rings. The predicted octanol–water partition coefficient (Wildman–Crippen LogP) is 7.17. The summed E-state index contributed by atoms with van der Waals surface area (Å²) in [5.74, 6) is 0. The van der Waals surface area contributed by atoms with Crippen molar-refractivity contribution >= 4 is 33.2 Å². The van der Waals surface area contributed by atoms with Crippen molar-refractivity contribution in [3.05, 3.63) is 84.2 Å². The van der Waals surface area contributed by atoms with Crippen molar-refractivity contribution in [1.82, 2.24) is 4.57 Å². The molecule has 1 aromatic heterocycles. The van der Waals surface area contributed by atoms with Crippen molar-refractivity contribution in [2.24, 2.45) is 10.2 Å². The van der Waals surface area contributed by atoms with E-state index in [0.717, 1.165) is 17.9 Å². The van der Waals surface area contributed by atoms with Crippen LogP contribution in [-0.4, -0.2) is 11.6 Å². The first-order valence-electron chi connectivity index (χ1n) is 10.5. The summed E-state index contributed by atoms with van der Waals surface area (Å²) >= 11 is 0. The third-order valence-corrected chi connectivity index (χ3v) is 6.37. The van der Waals surface area contributed by atoms with Crippen LogP contribution in [0.15, 0.2) is 88.9 Å². The molecule has 4 nitrogen and oxygen atoms in total. The van der Waals surface area contributed by atoms with Crippen LogP contribution in [0.5, 0.6) is 0 Å². The van der Waals surface area contributed by atoms with Gasteiger partial charge >= 0.3 is 0 Å². The van der Waals surface area contributed by atoms with Gasteiger partial charge in [-0.15, -0.1) is 0 Å². The van der Waals surface area contributed by atoms with Gasteiger partial charge in [-0.1, -0.05) is 50.2 Å². The molecule has 0 unspecified atom stereocenters. The minimum atomic E-state index is -0.0944. The fourth-order valence-electron chi connectivity index (χ4n) is 4.82. The number of para-hydroxylation sites is 2. The number of hydrogen-bond donors (Lipinski definition) is 0. The normalized spacial score (nSPS) is 16.9. The number of hydrogen-bond acceptors (Lipinski definition) is 3. The summed E-state index contributed by atoms with van der Waals surface area (Å²) < 4.78 is 2.35. The largest absolute Gasteiger partial charge is 0.346 e. The summed E-state index contributed by atoms with van der Waals surface area (Å²) in [6, 6.07) is 23.4. The van der Waals surface area contributed by atoms with Gasteiger partial charge in [0.15, 0.2) is 0 Å². The second kappa shape index (κ2) is 6.84. The molecule has 0 saturated carbocycles. The summed E-state index contributed by atoms with van der Waals surface area (Å²) in [7, 11) is 2.10. The Hall–Kier alpha value is -3.40. The van der Waals surface area contributed by atoms with E-state index in [1.54, 1.807) is 0 Å². The number of rotatable bonds is 3. The number of benzene rings is 3. The Bertz CT molecular complexity index is 1320. The molecule has 1 aliphatic heterocycles. The van der Waals surface area contributed by atoms with E-state index in [4.69, 9.17) is 0 Å². The molecule has 4 aromatic rings. The highest BCUT2D eigenvalue weighted by Crippen LogP contribution is 2.46.